The van der Waals surface area contributed by atoms with Gasteiger partial charge >= 0.3 is 0 Å². The summed E-state index contributed by atoms with van der Waals surface area (Å²) in [7, 11) is 1.63. The van der Waals surface area contributed by atoms with E-state index < -0.39 is 0 Å². The predicted molar refractivity (Wildman–Crippen MR) is 108 cm³/mol. The van der Waals surface area contributed by atoms with Crippen molar-refractivity contribution in [2.24, 2.45) is 0 Å². The second-order valence-electron chi connectivity index (χ2n) is 6.84. The summed E-state index contributed by atoms with van der Waals surface area (Å²) in [6.07, 6.45) is 1.92. The molecule has 2 aromatic heterocycles. The van der Waals surface area contributed by atoms with Crippen LogP contribution in [0.1, 0.15) is 22.0 Å². The molecule has 1 amide bonds. The third-order valence-corrected chi connectivity index (χ3v) is 5.72. The lowest BCUT2D eigenvalue weighted by molar-refractivity contribution is 0.0984. The molecule has 2 aromatic carbocycles. The quantitative estimate of drug-likeness (QED) is 0.509. The maximum absolute atomic E-state index is 13.3. The maximum Gasteiger partial charge on any atom is 0.274 e. The molecule has 136 valence electrons. The summed E-state index contributed by atoms with van der Waals surface area (Å²) in [6.45, 7) is 0.584. The third-order valence-electron chi connectivity index (χ3n) is 5.35. The number of hydrogen-bond donors (Lipinski definition) is 2. The molecule has 1 aliphatic heterocycles. The number of alkyl halides is 1. The van der Waals surface area contributed by atoms with Gasteiger partial charge in [-0.1, -0.05) is 0 Å². The molecule has 1 aliphatic rings. The van der Waals surface area contributed by atoms with Crippen molar-refractivity contribution >= 4 is 45.0 Å². The van der Waals surface area contributed by atoms with Gasteiger partial charge in [-0.3, -0.25) is 4.79 Å². The molecule has 6 heteroatoms. The smallest absolute Gasteiger partial charge is 0.274 e. The van der Waals surface area contributed by atoms with E-state index in [4.69, 9.17) is 16.3 Å². The topological polar surface area (TPSA) is 61.1 Å². The average Bonchev–Trinajstić information content (AvgIpc) is 3.41. The number of rotatable bonds is 3. The summed E-state index contributed by atoms with van der Waals surface area (Å²) >= 11 is 6.25. The zero-order valence-electron chi connectivity index (χ0n) is 14.8. The van der Waals surface area contributed by atoms with E-state index in [0.29, 0.717) is 18.1 Å². The van der Waals surface area contributed by atoms with Crippen molar-refractivity contribution in [1.29, 1.82) is 0 Å². The monoisotopic (exact) mass is 379 g/mol. The second-order valence-corrected chi connectivity index (χ2v) is 7.15. The normalized spacial score (nSPS) is 16.2. The van der Waals surface area contributed by atoms with E-state index in [0.717, 1.165) is 38.8 Å². The molecule has 5 rings (SSSR count). The van der Waals surface area contributed by atoms with Gasteiger partial charge in [0.15, 0.2) is 0 Å². The zero-order valence-corrected chi connectivity index (χ0v) is 15.5. The highest BCUT2D eigenvalue weighted by Gasteiger charge is 2.34. The van der Waals surface area contributed by atoms with Crippen LogP contribution in [-0.4, -0.2) is 35.4 Å². The summed E-state index contributed by atoms with van der Waals surface area (Å²) in [5, 5.41) is 2.11. The van der Waals surface area contributed by atoms with Gasteiger partial charge < -0.3 is 19.6 Å². The number of H-pyrrole nitrogens is 2. The van der Waals surface area contributed by atoms with Crippen LogP contribution in [0.2, 0.25) is 0 Å². The molecule has 3 heterocycles. The number of aromatic amines is 2. The number of methoxy groups -OCH3 is 1. The fourth-order valence-corrected chi connectivity index (χ4v) is 4.28. The molecule has 0 bridgehead atoms. The number of nitrogens with one attached hydrogen (secondary N) is 2. The number of carbonyl (C=O) groups is 1. The van der Waals surface area contributed by atoms with Crippen molar-refractivity contribution in [2.45, 2.75) is 5.92 Å². The first kappa shape index (κ1) is 16.3. The van der Waals surface area contributed by atoms with E-state index >= 15 is 0 Å². The highest BCUT2D eigenvalue weighted by molar-refractivity contribution is 6.19. The van der Waals surface area contributed by atoms with Crippen molar-refractivity contribution in [3.63, 3.8) is 0 Å². The lowest BCUT2D eigenvalue weighted by Gasteiger charge is -2.16. The number of halogens is 1. The first-order valence-corrected chi connectivity index (χ1v) is 9.37. The van der Waals surface area contributed by atoms with Gasteiger partial charge in [0, 0.05) is 58.1 Å². The Hall–Kier alpha value is -2.92. The van der Waals surface area contributed by atoms with Gasteiger partial charge in [0.05, 0.1) is 7.11 Å². The van der Waals surface area contributed by atoms with E-state index in [-0.39, 0.29) is 11.8 Å². The van der Waals surface area contributed by atoms with E-state index in [9.17, 15) is 4.79 Å². The molecular formula is C21H18ClN3O2. The molecule has 0 spiro atoms. The summed E-state index contributed by atoms with van der Waals surface area (Å²) in [6, 6.07) is 13.7. The predicted octanol–water partition coefficient (Wildman–Crippen LogP) is 4.64. The Kier molecular flexibility index (Phi) is 3.65. The van der Waals surface area contributed by atoms with E-state index in [1.165, 1.54) is 0 Å². The van der Waals surface area contributed by atoms with E-state index in [2.05, 4.69) is 16.0 Å². The molecule has 5 nitrogen and oxygen atoms in total. The maximum atomic E-state index is 13.3. The molecule has 1 unspecified atom stereocenters. The molecular weight excluding hydrogens is 362 g/mol. The Morgan fingerprint density at radius 3 is 2.93 bits per heavy atom. The van der Waals surface area contributed by atoms with Crippen LogP contribution in [0, 0.1) is 0 Å². The summed E-state index contributed by atoms with van der Waals surface area (Å²) in [4.78, 5) is 21.6. The van der Waals surface area contributed by atoms with E-state index in [1.54, 1.807) is 7.11 Å². The summed E-state index contributed by atoms with van der Waals surface area (Å²) < 4.78 is 5.27. The zero-order chi connectivity index (χ0) is 18.5. The Balaban J connectivity index is 1.58. The van der Waals surface area contributed by atoms with Crippen molar-refractivity contribution < 1.29 is 9.53 Å². The lowest BCUT2D eigenvalue weighted by atomic mass is 9.99. The minimum Gasteiger partial charge on any atom is -0.497 e. The fourth-order valence-electron chi connectivity index (χ4n) is 4.03. The Morgan fingerprint density at radius 1 is 1.22 bits per heavy atom. The Morgan fingerprint density at radius 2 is 2.11 bits per heavy atom. The number of anilines is 1. The number of amides is 1. The summed E-state index contributed by atoms with van der Waals surface area (Å²) in [5.41, 5.74) is 4.60. The second kappa shape index (κ2) is 6.06. The first-order chi connectivity index (χ1) is 13.2. The highest BCUT2D eigenvalue weighted by Crippen LogP contribution is 2.42. The van der Waals surface area contributed by atoms with Gasteiger partial charge in [0.25, 0.3) is 5.91 Å². The van der Waals surface area contributed by atoms with Crippen LogP contribution in [-0.2, 0) is 0 Å². The number of carbonyl (C=O) groups excluding carboxylic acids is 1. The van der Waals surface area contributed by atoms with Gasteiger partial charge in [0.1, 0.15) is 11.4 Å². The van der Waals surface area contributed by atoms with Gasteiger partial charge in [-0.2, -0.15) is 0 Å². The highest BCUT2D eigenvalue weighted by atomic mass is 35.5. The molecule has 4 aromatic rings. The van der Waals surface area contributed by atoms with Crippen molar-refractivity contribution in [3.8, 4) is 5.75 Å². The molecule has 1 atom stereocenters. The van der Waals surface area contributed by atoms with E-state index in [1.807, 2.05) is 47.5 Å². The molecule has 0 fully saturated rings. The van der Waals surface area contributed by atoms with Gasteiger partial charge in [0.2, 0.25) is 0 Å². The molecule has 0 saturated carbocycles. The van der Waals surface area contributed by atoms with Crippen LogP contribution in [0.15, 0.2) is 48.7 Å². The van der Waals surface area contributed by atoms with Gasteiger partial charge in [-0.25, -0.2) is 0 Å². The minimum absolute atomic E-state index is 0.0473. The number of hydrogen-bond acceptors (Lipinski definition) is 2. The van der Waals surface area contributed by atoms with Crippen molar-refractivity contribution in [1.82, 2.24) is 9.97 Å². The van der Waals surface area contributed by atoms with Crippen LogP contribution in [0.5, 0.6) is 5.75 Å². The van der Waals surface area contributed by atoms with Crippen LogP contribution < -0.4 is 9.64 Å². The molecule has 2 N–H and O–H groups in total. The van der Waals surface area contributed by atoms with Crippen molar-refractivity contribution in [2.75, 3.05) is 24.4 Å². The number of ether oxygens (including phenoxy) is 1. The number of aromatic nitrogens is 2. The Bertz CT molecular complexity index is 1180. The SMILES string of the molecule is COc1ccc2cc(C(=O)N3CC(CCl)c4c3ccc3[nH]ccc43)[nH]c2c1. The average molecular weight is 380 g/mol. The minimum atomic E-state index is -0.0473. The van der Waals surface area contributed by atoms with Crippen LogP contribution >= 0.6 is 11.6 Å². The third kappa shape index (κ3) is 2.42. The largest absolute Gasteiger partial charge is 0.497 e. The van der Waals surface area contributed by atoms with Crippen molar-refractivity contribution in [3.05, 3.63) is 59.9 Å². The number of fused-ring (bicyclic) bond motifs is 4. The van der Waals surface area contributed by atoms with Crippen LogP contribution in [0.3, 0.4) is 0 Å². The lowest BCUT2D eigenvalue weighted by Crippen LogP contribution is -2.30. The molecule has 27 heavy (non-hydrogen) atoms. The van der Waals surface area contributed by atoms with Gasteiger partial charge in [-0.05, 0) is 42.0 Å². The number of nitrogens with zero attached hydrogens (tertiary/aromatic N) is 1. The Labute approximate surface area is 160 Å². The molecule has 0 saturated heterocycles. The van der Waals surface area contributed by atoms with Crippen LogP contribution in [0.25, 0.3) is 21.8 Å². The standard InChI is InChI=1S/C21H18ClN3O2/c1-27-14-3-2-12-8-18(24-17(12)9-14)21(26)25-11-13(10-22)20-15-6-7-23-16(15)4-5-19(20)25/h2-9,13,23-24H,10-11H2,1H3. The van der Waals surface area contributed by atoms with Gasteiger partial charge in [-0.15, -0.1) is 11.6 Å². The summed E-state index contributed by atoms with van der Waals surface area (Å²) in [5.74, 6) is 1.31. The number of benzene rings is 2. The first-order valence-electron chi connectivity index (χ1n) is 8.84. The molecule has 0 aliphatic carbocycles. The van der Waals surface area contributed by atoms with Crippen LogP contribution in [0.4, 0.5) is 5.69 Å². The molecule has 0 radical (unpaired) electrons. The fraction of sp³-hybridized carbons (Fsp3) is 0.190.